The Morgan fingerprint density at radius 3 is 2.71 bits per heavy atom. The summed E-state index contributed by atoms with van der Waals surface area (Å²) in [5, 5.41) is 3.45. The van der Waals surface area contributed by atoms with Crippen LogP contribution in [-0.2, 0) is 4.79 Å². The Morgan fingerprint density at radius 1 is 1.33 bits per heavy atom. The molecule has 4 heteroatoms. The number of aryl methyl sites for hydroxylation is 2. The van der Waals surface area contributed by atoms with E-state index in [0.717, 1.165) is 37.0 Å². The summed E-state index contributed by atoms with van der Waals surface area (Å²) in [5.41, 5.74) is 7.46. The molecule has 2 saturated carbocycles. The van der Waals surface area contributed by atoms with E-state index in [0.29, 0.717) is 12.5 Å². The first-order chi connectivity index (χ1) is 9.98. The lowest BCUT2D eigenvalue weighted by Gasteiger charge is -2.27. The molecule has 4 nitrogen and oxygen atoms in total. The van der Waals surface area contributed by atoms with E-state index in [9.17, 15) is 4.79 Å². The summed E-state index contributed by atoms with van der Waals surface area (Å²) in [6.45, 7) is 4.13. The fourth-order valence-electron chi connectivity index (χ4n) is 3.26. The van der Waals surface area contributed by atoms with Crippen molar-refractivity contribution in [2.75, 3.05) is 0 Å². The molecule has 1 amide bonds. The van der Waals surface area contributed by atoms with Crippen molar-refractivity contribution in [3.8, 4) is 5.75 Å². The first kappa shape index (κ1) is 14.4. The first-order valence-electron chi connectivity index (χ1n) is 7.80. The number of ether oxygens (including phenoxy) is 1. The fraction of sp³-hybridized carbons (Fsp3) is 0.588. The minimum atomic E-state index is -0.565. The van der Waals surface area contributed by atoms with Gasteiger partial charge in [-0.05, 0) is 51.2 Å². The van der Waals surface area contributed by atoms with Crippen LogP contribution >= 0.6 is 0 Å². The highest BCUT2D eigenvalue weighted by Gasteiger charge is 2.47. The van der Waals surface area contributed by atoms with Gasteiger partial charge in [0.05, 0.1) is 0 Å². The summed E-state index contributed by atoms with van der Waals surface area (Å²) in [4.78, 5) is 11.9. The van der Waals surface area contributed by atoms with Crippen LogP contribution in [0.1, 0.15) is 43.2 Å². The topological polar surface area (TPSA) is 64.3 Å². The van der Waals surface area contributed by atoms with Crippen LogP contribution in [0.4, 0.5) is 0 Å². The van der Waals surface area contributed by atoms with Gasteiger partial charge in [0.25, 0.3) is 0 Å². The van der Waals surface area contributed by atoms with Crippen molar-refractivity contribution >= 4 is 5.91 Å². The second-order valence-electron chi connectivity index (χ2n) is 6.62. The highest BCUT2D eigenvalue weighted by molar-refractivity contribution is 5.85. The van der Waals surface area contributed by atoms with Gasteiger partial charge in [0.2, 0.25) is 5.91 Å². The van der Waals surface area contributed by atoms with Crippen molar-refractivity contribution in [2.24, 2.45) is 5.73 Å². The zero-order valence-electron chi connectivity index (χ0n) is 12.8. The zero-order chi connectivity index (χ0) is 15.0. The van der Waals surface area contributed by atoms with Crippen LogP contribution < -0.4 is 15.8 Å². The third-order valence-corrected chi connectivity index (χ3v) is 4.62. The SMILES string of the molecule is Cc1ccc(OC2CCC(NC3CC3)(C(N)=O)C2)c(C)c1. The van der Waals surface area contributed by atoms with Gasteiger partial charge >= 0.3 is 0 Å². The third kappa shape index (κ3) is 3.05. The Kier molecular flexibility index (Phi) is 3.66. The van der Waals surface area contributed by atoms with E-state index in [1.165, 1.54) is 5.56 Å². The summed E-state index contributed by atoms with van der Waals surface area (Å²) in [6.07, 6.45) is 4.68. The van der Waals surface area contributed by atoms with Gasteiger partial charge in [-0.1, -0.05) is 17.7 Å². The Hall–Kier alpha value is -1.55. The van der Waals surface area contributed by atoms with Crippen LogP contribution in [0.5, 0.6) is 5.75 Å². The molecule has 2 aliphatic rings. The Balaban J connectivity index is 1.69. The predicted octanol–water partition coefficient (Wildman–Crippen LogP) is 2.21. The van der Waals surface area contributed by atoms with Gasteiger partial charge in [-0.2, -0.15) is 0 Å². The molecule has 1 aromatic carbocycles. The highest BCUT2D eigenvalue weighted by atomic mass is 16.5. The summed E-state index contributed by atoms with van der Waals surface area (Å²) in [7, 11) is 0. The lowest BCUT2D eigenvalue weighted by Crippen LogP contribution is -2.55. The largest absolute Gasteiger partial charge is 0.490 e. The lowest BCUT2D eigenvalue weighted by molar-refractivity contribution is -0.124. The summed E-state index contributed by atoms with van der Waals surface area (Å²) >= 11 is 0. The maximum Gasteiger partial charge on any atom is 0.237 e. The highest BCUT2D eigenvalue weighted by Crippen LogP contribution is 2.36. The maximum atomic E-state index is 11.9. The van der Waals surface area contributed by atoms with E-state index in [-0.39, 0.29) is 12.0 Å². The minimum absolute atomic E-state index is 0.0603. The predicted molar refractivity (Wildman–Crippen MR) is 82.3 cm³/mol. The molecule has 0 bridgehead atoms. The smallest absolute Gasteiger partial charge is 0.237 e. The molecule has 0 radical (unpaired) electrons. The minimum Gasteiger partial charge on any atom is -0.490 e. The van der Waals surface area contributed by atoms with E-state index in [1.54, 1.807) is 0 Å². The van der Waals surface area contributed by atoms with Gasteiger partial charge < -0.3 is 15.8 Å². The van der Waals surface area contributed by atoms with Crippen LogP contribution in [-0.4, -0.2) is 23.6 Å². The number of nitrogens with one attached hydrogen (secondary N) is 1. The molecule has 0 aromatic heterocycles. The second kappa shape index (κ2) is 5.34. The molecular formula is C17H24N2O2. The van der Waals surface area contributed by atoms with Crippen LogP contribution in [0.25, 0.3) is 0 Å². The summed E-state index contributed by atoms with van der Waals surface area (Å²) in [6, 6.07) is 6.66. The molecule has 0 aliphatic heterocycles. The average molecular weight is 288 g/mol. The molecule has 114 valence electrons. The number of amides is 1. The number of carbonyl (C=O) groups is 1. The van der Waals surface area contributed by atoms with Gasteiger partial charge in [0, 0.05) is 12.5 Å². The van der Waals surface area contributed by atoms with Gasteiger partial charge in [-0.15, -0.1) is 0 Å². The zero-order valence-corrected chi connectivity index (χ0v) is 12.8. The van der Waals surface area contributed by atoms with Crippen LogP contribution in [0.2, 0.25) is 0 Å². The number of carbonyl (C=O) groups excluding carboxylic acids is 1. The third-order valence-electron chi connectivity index (χ3n) is 4.62. The number of hydrogen-bond donors (Lipinski definition) is 2. The second-order valence-corrected chi connectivity index (χ2v) is 6.62. The van der Waals surface area contributed by atoms with E-state index in [1.807, 2.05) is 6.07 Å². The molecule has 2 aliphatic carbocycles. The molecular weight excluding hydrogens is 264 g/mol. The van der Waals surface area contributed by atoms with E-state index in [2.05, 4.69) is 31.3 Å². The van der Waals surface area contributed by atoms with Crippen LogP contribution in [0.15, 0.2) is 18.2 Å². The standard InChI is InChI=1S/C17H24N2O2/c1-11-3-6-15(12(2)9-11)21-14-7-8-17(10-14,16(18)20)19-13-4-5-13/h3,6,9,13-14,19H,4-5,7-8,10H2,1-2H3,(H2,18,20). The van der Waals surface area contributed by atoms with Crippen molar-refractivity contribution in [2.45, 2.75) is 63.6 Å². The quantitative estimate of drug-likeness (QED) is 0.873. The molecule has 0 heterocycles. The van der Waals surface area contributed by atoms with Gasteiger partial charge in [-0.3, -0.25) is 4.79 Å². The number of primary amides is 1. The summed E-state index contributed by atoms with van der Waals surface area (Å²) < 4.78 is 6.12. The van der Waals surface area contributed by atoms with Crippen LogP contribution in [0, 0.1) is 13.8 Å². The van der Waals surface area contributed by atoms with Gasteiger partial charge in [0.15, 0.2) is 0 Å². The summed E-state index contributed by atoms with van der Waals surface area (Å²) in [5.74, 6) is 0.679. The molecule has 0 spiro atoms. The Morgan fingerprint density at radius 2 is 2.10 bits per heavy atom. The van der Waals surface area contributed by atoms with Gasteiger partial charge in [-0.25, -0.2) is 0 Å². The van der Waals surface area contributed by atoms with E-state index in [4.69, 9.17) is 10.5 Å². The van der Waals surface area contributed by atoms with Crippen molar-refractivity contribution in [3.63, 3.8) is 0 Å². The van der Waals surface area contributed by atoms with Gasteiger partial charge in [0.1, 0.15) is 17.4 Å². The number of nitrogens with two attached hydrogens (primary N) is 1. The normalized spacial score (nSPS) is 28.6. The number of rotatable bonds is 5. The lowest BCUT2D eigenvalue weighted by atomic mass is 9.96. The van der Waals surface area contributed by atoms with Crippen molar-refractivity contribution in [3.05, 3.63) is 29.3 Å². The maximum absolute atomic E-state index is 11.9. The van der Waals surface area contributed by atoms with Crippen LogP contribution in [0.3, 0.4) is 0 Å². The number of hydrogen-bond acceptors (Lipinski definition) is 3. The van der Waals surface area contributed by atoms with Crippen molar-refractivity contribution in [1.29, 1.82) is 0 Å². The Labute approximate surface area is 126 Å². The Bertz CT molecular complexity index is 554. The van der Waals surface area contributed by atoms with Crippen molar-refractivity contribution < 1.29 is 9.53 Å². The molecule has 0 saturated heterocycles. The molecule has 3 rings (SSSR count). The molecule has 1 aromatic rings. The van der Waals surface area contributed by atoms with E-state index >= 15 is 0 Å². The fourth-order valence-corrected chi connectivity index (χ4v) is 3.26. The molecule has 21 heavy (non-hydrogen) atoms. The van der Waals surface area contributed by atoms with Crippen molar-refractivity contribution in [1.82, 2.24) is 5.32 Å². The molecule has 2 atom stereocenters. The monoisotopic (exact) mass is 288 g/mol. The first-order valence-corrected chi connectivity index (χ1v) is 7.80. The molecule has 3 N–H and O–H groups in total. The molecule has 2 unspecified atom stereocenters. The molecule has 2 fully saturated rings. The number of benzene rings is 1. The van der Waals surface area contributed by atoms with E-state index < -0.39 is 5.54 Å². The average Bonchev–Trinajstić information content (AvgIpc) is 3.12.